The second kappa shape index (κ2) is 6.30. The molecular weight excluding hydrogens is 357 g/mol. The third-order valence-electron chi connectivity index (χ3n) is 6.52. The lowest BCUT2D eigenvalue weighted by atomic mass is 9.60. The lowest BCUT2D eigenvalue weighted by molar-refractivity contribution is 0.0284. The molecule has 3 aliphatic carbocycles. The molecule has 0 amide bonds. The number of nitrogens with zero attached hydrogens (tertiary/aromatic N) is 4. The van der Waals surface area contributed by atoms with E-state index in [9.17, 15) is 4.39 Å². The first-order valence-electron chi connectivity index (χ1n) is 9.55. The van der Waals surface area contributed by atoms with Gasteiger partial charge in [-0.2, -0.15) is 0 Å². The predicted octanol–water partition coefficient (Wildman–Crippen LogP) is 3.54. The van der Waals surface area contributed by atoms with Crippen molar-refractivity contribution in [3.05, 3.63) is 17.2 Å². The van der Waals surface area contributed by atoms with Crippen molar-refractivity contribution in [3.63, 3.8) is 0 Å². The maximum absolute atomic E-state index is 14.1. The van der Waals surface area contributed by atoms with Crippen LogP contribution in [0, 0.1) is 5.92 Å². The number of anilines is 1. The molecule has 1 aliphatic heterocycles. The molecule has 0 aromatic carbocycles. The quantitative estimate of drug-likeness (QED) is 0.883. The minimum atomic E-state index is -1.05. The Bertz CT molecular complexity index is 805. The van der Waals surface area contributed by atoms with Crippen LogP contribution < -0.4 is 5.32 Å². The van der Waals surface area contributed by atoms with Crippen molar-refractivity contribution in [3.8, 4) is 0 Å². The van der Waals surface area contributed by atoms with Crippen LogP contribution in [0.2, 0.25) is 5.15 Å². The number of rotatable bonds is 3. The third kappa shape index (κ3) is 2.67. The summed E-state index contributed by atoms with van der Waals surface area (Å²) in [4.78, 5) is 9.03. The number of halogens is 2. The van der Waals surface area contributed by atoms with Gasteiger partial charge in [-0.1, -0.05) is 11.6 Å². The van der Waals surface area contributed by atoms with Gasteiger partial charge in [-0.3, -0.25) is 0 Å². The summed E-state index contributed by atoms with van der Waals surface area (Å²) < 4.78 is 21.1. The van der Waals surface area contributed by atoms with E-state index in [0.29, 0.717) is 24.1 Å². The van der Waals surface area contributed by atoms with Crippen LogP contribution >= 0.6 is 11.6 Å². The van der Waals surface area contributed by atoms with Crippen molar-refractivity contribution in [1.82, 2.24) is 19.6 Å². The highest BCUT2D eigenvalue weighted by molar-refractivity contribution is 6.32. The molecular formula is C18H23ClFN5O. The average Bonchev–Trinajstić information content (AvgIpc) is 3.02. The minimum Gasteiger partial charge on any atom is -0.378 e. The van der Waals surface area contributed by atoms with Crippen molar-refractivity contribution in [2.45, 2.75) is 62.6 Å². The van der Waals surface area contributed by atoms with E-state index < -0.39 is 6.17 Å². The lowest BCUT2D eigenvalue weighted by Gasteiger charge is -2.45. The Balaban J connectivity index is 1.51. The first kappa shape index (κ1) is 16.7. The largest absolute Gasteiger partial charge is 0.378 e. The number of nitrogens with one attached hydrogen (secondary N) is 1. The van der Waals surface area contributed by atoms with Crippen LogP contribution in [0.5, 0.6) is 0 Å². The number of imidazole rings is 1. The van der Waals surface area contributed by atoms with Crippen LogP contribution in [-0.2, 0) is 10.2 Å². The van der Waals surface area contributed by atoms with Gasteiger partial charge in [0.15, 0.2) is 5.15 Å². The molecule has 140 valence electrons. The molecule has 3 saturated carbocycles. The molecule has 26 heavy (non-hydrogen) atoms. The van der Waals surface area contributed by atoms with E-state index in [0.717, 1.165) is 36.5 Å². The van der Waals surface area contributed by atoms with Crippen molar-refractivity contribution in [1.29, 1.82) is 0 Å². The molecule has 6 rings (SSSR count). The Morgan fingerprint density at radius 3 is 2.73 bits per heavy atom. The number of ether oxygens (including phenoxy) is 1. The van der Waals surface area contributed by atoms with Crippen LogP contribution in [-0.4, -0.2) is 45.0 Å². The summed E-state index contributed by atoms with van der Waals surface area (Å²) in [6.45, 7) is 0.666. The van der Waals surface area contributed by atoms with Gasteiger partial charge in [-0.05, 0) is 50.9 Å². The van der Waals surface area contributed by atoms with E-state index >= 15 is 0 Å². The summed E-state index contributed by atoms with van der Waals surface area (Å²) in [5.74, 6) is 2.24. The molecule has 2 atom stereocenters. The molecule has 4 aliphatic rings. The van der Waals surface area contributed by atoms with Crippen molar-refractivity contribution in [2.24, 2.45) is 5.92 Å². The Labute approximate surface area is 156 Å². The minimum absolute atomic E-state index is 0.0672. The molecule has 1 saturated heterocycles. The van der Waals surface area contributed by atoms with Gasteiger partial charge in [0.1, 0.15) is 17.5 Å². The van der Waals surface area contributed by atoms with E-state index in [1.54, 1.807) is 6.20 Å². The second-order valence-electron chi connectivity index (χ2n) is 8.00. The first-order valence-corrected chi connectivity index (χ1v) is 9.92. The van der Waals surface area contributed by atoms with Crippen LogP contribution in [0.15, 0.2) is 6.20 Å². The Morgan fingerprint density at radius 2 is 2.00 bits per heavy atom. The highest BCUT2D eigenvalue weighted by Crippen LogP contribution is 2.51. The SMILES string of the molecule is F[C@@H]1COCC[C@H]1Nc1ncc2c(Cl)nc(C34CCC(CC3)CC4)n2n1. The van der Waals surface area contributed by atoms with E-state index in [4.69, 9.17) is 16.3 Å². The van der Waals surface area contributed by atoms with E-state index in [-0.39, 0.29) is 18.1 Å². The van der Waals surface area contributed by atoms with E-state index in [1.807, 2.05) is 4.52 Å². The fourth-order valence-electron chi connectivity index (χ4n) is 4.88. The summed E-state index contributed by atoms with van der Waals surface area (Å²) in [6.07, 6.45) is 8.44. The third-order valence-corrected chi connectivity index (χ3v) is 6.80. The van der Waals surface area contributed by atoms with Gasteiger partial charge in [-0.15, -0.1) is 5.10 Å². The maximum Gasteiger partial charge on any atom is 0.241 e. The van der Waals surface area contributed by atoms with Gasteiger partial charge in [0.05, 0.1) is 18.8 Å². The molecule has 0 unspecified atom stereocenters. The molecule has 8 heteroatoms. The molecule has 2 aromatic heterocycles. The maximum atomic E-state index is 14.1. The van der Waals surface area contributed by atoms with Crippen molar-refractivity contribution in [2.75, 3.05) is 18.5 Å². The summed E-state index contributed by atoms with van der Waals surface area (Å²) in [6, 6.07) is -0.327. The van der Waals surface area contributed by atoms with E-state index in [1.165, 1.54) is 19.3 Å². The highest BCUT2D eigenvalue weighted by Gasteiger charge is 2.45. The van der Waals surface area contributed by atoms with E-state index in [2.05, 4.69) is 20.4 Å². The normalized spacial score (nSPS) is 34.3. The molecule has 2 aromatic rings. The number of hydrogen-bond acceptors (Lipinski definition) is 5. The zero-order valence-electron chi connectivity index (χ0n) is 14.6. The van der Waals surface area contributed by atoms with Gasteiger partial charge in [0, 0.05) is 12.0 Å². The monoisotopic (exact) mass is 379 g/mol. The first-order chi connectivity index (χ1) is 12.6. The van der Waals surface area contributed by atoms with Gasteiger partial charge in [0.2, 0.25) is 5.95 Å². The zero-order valence-corrected chi connectivity index (χ0v) is 15.4. The molecule has 0 spiro atoms. The molecule has 3 heterocycles. The molecule has 0 radical (unpaired) electrons. The second-order valence-corrected chi connectivity index (χ2v) is 8.36. The van der Waals surface area contributed by atoms with Gasteiger partial charge < -0.3 is 10.1 Å². The number of aromatic nitrogens is 4. The van der Waals surface area contributed by atoms with Crippen molar-refractivity contribution < 1.29 is 9.13 Å². The molecule has 4 fully saturated rings. The van der Waals surface area contributed by atoms with Crippen LogP contribution in [0.4, 0.5) is 10.3 Å². The van der Waals surface area contributed by atoms with Gasteiger partial charge in [0.25, 0.3) is 0 Å². The number of hydrogen-bond donors (Lipinski definition) is 1. The molecule has 2 bridgehead atoms. The Kier molecular flexibility index (Phi) is 4.05. The molecule has 6 nitrogen and oxygen atoms in total. The van der Waals surface area contributed by atoms with Gasteiger partial charge >= 0.3 is 0 Å². The summed E-state index contributed by atoms with van der Waals surface area (Å²) in [5, 5.41) is 8.23. The van der Waals surface area contributed by atoms with Crippen LogP contribution in [0.1, 0.15) is 50.8 Å². The Hall–Kier alpha value is -1.47. The number of alkyl halides is 1. The standard InChI is InChI=1S/C18H23ClFN5O/c19-15-14-9-21-17(22-13-4-8-26-10-12(13)20)24-25(14)16(23-15)18-5-1-11(2-6-18)3-7-18/h9,11-13H,1-8,10H2,(H,22,24)/t11?,12-,13-,18?/m1/s1. The van der Waals surface area contributed by atoms with Crippen LogP contribution in [0.25, 0.3) is 5.52 Å². The smallest absolute Gasteiger partial charge is 0.241 e. The summed E-state index contributed by atoms with van der Waals surface area (Å²) in [5.41, 5.74) is 0.788. The Morgan fingerprint density at radius 1 is 1.23 bits per heavy atom. The lowest BCUT2D eigenvalue weighted by Crippen LogP contribution is -2.40. The number of fused-ring (bicyclic) bond motifs is 4. The topological polar surface area (TPSA) is 64.3 Å². The average molecular weight is 380 g/mol. The fraction of sp³-hybridized carbons (Fsp3) is 0.722. The van der Waals surface area contributed by atoms with Crippen molar-refractivity contribution >= 4 is 23.1 Å². The molecule has 1 N–H and O–H groups in total. The predicted molar refractivity (Wildman–Crippen MR) is 96.4 cm³/mol. The summed E-state index contributed by atoms with van der Waals surface area (Å²) in [7, 11) is 0. The summed E-state index contributed by atoms with van der Waals surface area (Å²) >= 11 is 6.39. The highest BCUT2D eigenvalue weighted by atomic mass is 35.5. The van der Waals surface area contributed by atoms with Crippen LogP contribution in [0.3, 0.4) is 0 Å². The fourth-order valence-corrected chi connectivity index (χ4v) is 5.09. The zero-order chi connectivity index (χ0) is 17.7. The van der Waals surface area contributed by atoms with Gasteiger partial charge in [-0.25, -0.2) is 18.9 Å².